The van der Waals surface area contributed by atoms with E-state index in [0.717, 1.165) is 37.9 Å². The van der Waals surface area contributed by atoms with Crippen molar-refractivity contribution in [2.45, 2.75) is 25.8 Å². The fraction of sp³-hybridized carbons (Fsp3) is 0.400. The molecule has 0 radical (unpaired) electrons. The zero-order chi connectivity index (χ0) is 23.0. The summed E-state index contributed by atoms with van der Waals surface area (Å²) in [6, 6.07) is 15.7. The largest absolute Gasteiger partial charge is 0.493 e. The van der Waals surface area contributed by atoms with Crippen molar-refractivity contribution < 1.29 is 18.8 Å². The van der Waals surface area contributed by atoms with Gasteiger partial charge in [0, 0.05) is 18.0 Å². The number of amides is 1. The van der Waals surface area contributed by atoms with Gasteiger partial charge in [0.1, 0.15) is 0 Å². The van der Waals surface area contributed by atoms with Crippen LogP contribution in [0.5, 0.6) is 11.5 Å². The summed E-state index contributed by atoms with van der Waals surface area (Å²) in [6.07, 6.45) is 2.51. The van der Waals surface area contributed by atoms with Crippen molar-refractivity contribution in [1.29, 1.82) is 0 Å². The van der Waals surface area contributed by atoms with Crippen LogP contribution in [0.2, 0.25) is 0 Å². The Hall–Kier alpha value is -3.39. The van der Waals surface area contributed by atoms with Gasteiger partial charge in [-0.2, -0.15) is 4.98 Å². The third kappa shape index (κ3) is 5.90. The smallest absolute Gasteiger partial charge is 0.241 e. The number of carbonyl (C=O) groups is 1. The molecule has 1 fully saturated rings. The zero-order valence-electron chi connectivity index (χ0n) is 19.1. The van der Waals surface area contributed by atoms with Crippen molar-refractivity contribution in [2.75, 3.05) is 33.9 Å². The first kappa shape index (κ1) is 22.8. The number of hydrogen-bond donors (Lipinski definition) is 1. The van der Waals surface area contributed by atoms with Gasteiger partial charge in [-0.15, -0.1) is 0 Å². The van der Waals surface area contributed by atoms with Crippen LogP contribution < -0.4 is 14.8 Å². The van der Waals surface area contributed by atoms with Crippen LogP contribution in [-0.4, -0.2) is 54.8 Å². The number of rotatable bonds is 9. The predicted octanol–water partition coefficient (Wildman–Crippen LogP) is 3.32. The number of likely N-dealkylation sites (tertiary alicyclic amines) is 1. The summed E-state index contributed by atoms with van der Waals surface area (Å²) in [7, 11) is 3.19. The van der Waals surface area contributed by atoms with Crippen LogP contribution in [0.4, 0.5) is 0 Å². The van der Waals surface area contributed by atoms with E-state index < -0.39 is 0 Å². The topological polar surface area (TPSA) is 89.7 Å². The number of ether oxygens (including phenoxy) is 2. The first-order valence-electron chi connectivity index (χ1n) is 11.2. The summed E-state index contributed by atoms with van der Waals surface area (Å²) in [5.74, 6) is 2.55. The molecule has 0 saturated carbocycles. The summed E-state index contributed by atoms with van der Waals surface area (Å²) in [6.45, 7) is 2.89. The highest BCUT2D eigenvalue weighted by atomic mass is 16.5. The molecule has 1 saturated heterocycles. The Labute approximate surface area is 193 Å². The zero-order valence-corrected chi connectivity index (χ0v) is 19.1. The van der Waals surface area contributed by atoms with Crippen LogP contribution in [0, 0.1) is 5.92 Å². The number of methoxy groups -OCH3 is 2. The predicted molar refractivity (Wildman–Crippen MR) is 124 cm³/mol. The van der Waals surface area contributed by atoms with Crippen molar-refractivity contribution in [3.8, 4) is 22.9 Å². The van der Waals surface area contributed by atoms with E-state index in [9.17, 15) is 4.79 Å². The molecule has 2 aromatic carbocycles. The van der Waals surface area contributed by atoms with E-state index >= 15 is 0 Å². The van der Waals surface area contributed by atoms with Gasteiger partial charge in [-0.25, -0.2) is 0 Å². The normalized spacial score (nSPS) is 14.7. The Balaban J connectivity index is 1.24. The van der Waals surface area contributed by atoms with Crippen LogP contribution >= 0.6 is 0 Å². The molecule has 0 bridgehead atoms. The molecule has 3 aromatic rings. The Morgan fingerprint density at radius 3 is 2.58 bits per heavy atom. The third-order valence-corrected chi connectivity index (χ3v) is 5.98. The average Bonchev–Trinajstić information content (AvgIpc) is 3.33. The summed E-state index contributed by atoms with van der Waals surface area (Å²) >= 11 is 0. The number of benzene rings is 2. The number of aromatic nitrogens is 2. The Morgan fingerprint density at radius 1 is 1.09 bits per heavy atom. The second-order valence-corrected chi connectivity index (χ2v) is 8.16. The molecule has 8 heteroatoms. The van der Waals surface area contributed by atoms with Gasteiger partial charge >= 0.3 is 0 Å². The Bertz CT molecular complexity index is 1050. The second-order valence-electron chi connectivity index (χ2n) is 8.16. The van der Waals surface area contributed by atoms with Crippen molar-refractivity contribution in [1.82, 2.24) is 20.4 Å². The van der Waals surface area contributed by atoms with E-state index in [-0.39, 0.29) is 11.8 Å². The maximum absolute atomic E-state index is 12.5. The molecule has 1 amide bonds. The quantitative estimate of drug-likeness (QED) is 0.535. The number of piperidine rings is 1. The van der Waals surface area contributed by atoms with Gasteiger partial charge in [-0.3, -0.25) is 9.69 Å². The number of hydrogen-bond acceptors (Lipinski definition) is 7. The first-order valence-corrected chi connectivity index (χ1v) is 11.2. The molecule has 0 atom stereocenters. The summed E-state index contributed by atoms with van der Waals surface area (Å²) < 4.78 is 16.1. The maximum atomic E-state index is 12.5. The molecule has 4 rings (SSSR count). The van der Waals surface area contributed by atoms with E-state index in [1.54, 1.807) is 14.2 Å². The van der Waals surface area contributed by atoms with Crippen molar-refractivity contribution in [3.63, 3.8) is 0 Å². The SMILES string of the molecule is COc1ccc(-c2noc(CN3CCC(C(=O)NCCc4ccccc4)CC3)n2)cc1OC. The molecule has 1 aliphatic heterocycles. The van der Waals surface area contributed by atoms with Crippen LogP contribution in [0.1, 0.15) is 24.3 Å². The number of nitrogens with zero attached hydrogens (tertiary/aromatic N) is 3. The summed E-state index contributed by atoms with van der Waals surface area (Å²) in [5, 5.41) is 7.20. The van der Waals surface area contributed by atoms with E-state index in [1.165, 1.54) is 5.56 Å². The van der Waals surface area contributed by atoms with Crippen LogP contribution in [0.15, 0.2) is 53.1 Å². The van der Waals surface area contributed by atoms with Gasteiger partial charge in [-0.1, -0.05) is 35.5 Å². The third-order valence-electron chi connectivity index (χ3n) is 5.98. The minimum absolute atomic E-state index is 0.0574. The number of nitrogens with one attached hydrogen (secondary N) is 1. The van der Waals surface area contributed by atoms with Crippen molar-refractivity contribution in [2.24, 2.45) is 5.92 Å². The lowest BCUT2D eigenvalue weighted by atomic mass is 9.96. The lowest BCUT2D eigenvalue weighted by Gasteiger charge is -2.30. The van der Waals surface area contributed by atoms with Gasteiger partial charge in [0.25, 0.3) is 0 Å². The lowest BCUT2D eigenvalue weighted by molar-refractivity contribution is -0.126. The first-order chi connectivity index (χ1) is 16.2. The average molecular weight is 451 g/mol. The molecule has 0 aliphatic carbocycles. The summed E-state index contributed by atoms with van der Waals surface area (Å²) in [4.78, 5) is 19.3. The fourth-order valence-corrected chi connectivity index (χ4v) is 4.08. The van der Waals surface area contributed by atoms with Gasteiger partial charge in [0.15, 0.2) is 11.5 Å². The van der Waals surface area contributed by atoms with E-state index in [4.69, 9.17) is 14.0 Å². The van der Waals surface area contributed by atoms with Crippen LogP contribution in [0.3, 0.4) is 0 Å². The van der Waals surface area contributed by atoms with Gasteiger partial charge in [0.2, 0.25) is 17.6 Å². The molecule has 33 heavy (non-hydrogen) atoms. The summed E-state index contributed by atoms with van der Waals surface area (Å²) in [5.41, 5.74) is 2.04. The highest BCUT2D eigenvalue weighted by Crippen LogP contribution is 2.31. The highest BCUT2D eigenvalue weighted by molar-refractivity contribution is 5.78. The van der Waals surface area contributed by atoms with E-state index in [0.29, 0.717) is 36.3 Å². The monoisotopic (exact) mass is 450 g/mol. The van der Waals surface area contributed by atoms with Gasteiger partial charge in [-0.05, 0) is 56.1 Å². The standard InChI is InChI=1S/C25H30N4O4/c1-31-21-9-8-20(16-22(21)32-2)24-27-23(33-28-24)17-29-14-11-19(12-15-29)25(30)26-13-10-18-6-4-3-5-7-18/h3-9,16,19H,10-15,17H2,1-2H3,(H,26,30). The lowest BCUT2D eigenvalue weighted by Crippen LogP contribution is -2.40. The van der Waals surface area contributed by atoms with Crippen molar-refractivity contribution in [3.05, 3.63) is 60.0 Å². The highest BCUT2D eigenvalue weighted by Gasteiger charge is 2.26. The van der Waals surface area contributed by atoms with Gasteiger partial charge in [0.05, 0.1) is 20.8 Å². The molecule has 1 aromatic heterocycles. The molecular formula is C25H30N4O4. The number of carbonyl (C=O) groups excluding carboxylic acids is 1. The molecule has 2 heterocycles. The molecule has 0 spiro atoms. The van der Waals surface area contributed by atoms with Crippen molar-refractivity contribution >= 4 is 5.91 Å². The van der Waals surface area contributed by atoms with Crippen LogP contribution in [-0.2, 0) is 17.8 Å². The Morgan fingerprint density at radius 2 is 1.85 bits per heavy atom. The minimum atomic E-state index is 0.0574. The second kappa shape index (κ2) is 11.0. The van der Waals surface area contributed by atoms with Crippen LogP contribution in [0.25, 0.3) is 11.4 Å². The Kier molecular flexibility index (Phi) is 7.57. The van der Waals surface area contributed by atoms with Gasteiger partial charge < -0.3 is 19.3 Å². The van der Waals surface area contributed by atoms with E-state index in [1.807, 2.05) is 36.4 Å². The molecular weight excluding hydrogens is 420 g/mol. The molecule has 8 nitrogen and oxygen atoms in total. The molecule has 0 unspecified atom stereocenters. The molecule has 1 aliphatic rings. The maximum Gasteiger partial charge on any atom is 0.241 e. The molecule has 174 valence electrons. The fourth-order valence-electron chi connectivity index (χ4n) is 4.08. The minimum Gasteiger partial charge on any atom is -0.493 e. The molecule has 1 N–H and O–H groups in total. The van der Waals surface area contributed by atoms with E-state index in [2.05, 4.69) is 32.5 Å².